The van der Waals surface area contributed by atoms with Gasteiger partial charge in [-0.3, -0.25) is 77.2 Å². The second-order valence-corrected chi connectivity index (χ2v) is 41.8. The van der Waals surface area contributed by atoms with E-state index in [9.17, 15) is 28.8 Å². The molecule has 6 saturated heterocycles. The first-order chi connectivity index (χ1) is 72.4. The van der Waals surface area contributed by atoms with Crippen LogP contribution in [0.1, 0.15) is 159 Å². The van der Waals surface area contributed by atoms with Gasteiger partial charge in [0, 0.05) is 197 Å². The minimum Gasteiger partial charge on any atom is -0.475 e. The highest BCUT2D eigenvalue weighted by atomic mass is 16.5. The van der Waals surface area contributed by atoms with Crippen LogP contribution in [0.25, 0.3) is 50.9 Å². The lowest BCUT2D eigenvalue weighted by Gasteiger charge is -2.29. The van der Waals surface area contributed by atoms with Crippen LogP contribution in [0.5, 0.6) is 11.8 Å². The predicted octanol–water partition coefficient (Wildman–Crippen LogP) is 12.8. The summed E-state index contributed by atoms with van der Waals surface area (Å²) in [7, 11) is 3.76. The number of amides is 6. The number of carbonyl (C=O) groups is 6. The highest BCUT2D eigenvalue weighted by molar-refractivity contribution is 6.18. The number of ether oxygens (including phenoxy) is 2. The van der Waals surface area contributed by atoms with Crippen LogP contribution in [-0.2, 0) is 75.6 Å². The van der Waals surface area contributed by atoms with E-state index in [1.54, 1.807) is 39.2 Å². The molecular formula is C115H125N25O9. The maximum atomic E-state index is 14.1. The van der Waals surface area contributed by atoms with Crippen LogP contribution in [0.4, 0.5) is 17.1 Å². The second kappa shape index (κ2) is 41.8. The normalized spacial score (nSPS) is 20.6. The maximum Gasteiger partial charge on any atom is 0.237 e. The number of aliphatic imine (C=N–C) groups is 3. The number of aliphatic hydroxyl groups is 1. The van der Waals surface area contributed by atoms with Crippen LogP contribution in [-0.4, -0.2) is 288 Å². The Hall–Kier alpha value is -15.3. The van der Waals surface area contributed by atoms with Gasteiger partial charge in [0.05, 0.1) is 104 Å². The van der Waals surface area contributed by atoms with E-state index in [-0.39, 0.29) is 54.3 Å². The Morgan fingerprint density at radius 1 is 0.383 bits per heavy atom. The topological polar surface area (TPSA) is 343 Å². The first-order valence-electron chi connectivity index (χ1n) is 52.3. The number of pyridine rings is 2. The smallest absolute Gasteiger partial charge is 0.237 e. The highest BCUT2D eigenvalue weighted by Crippen LogP contribution is 2.48. The predicted molar refractivity (Wildman–Crippen MR) is 570 cm³/mol. The lowest BCUT2D eigenvalue weighted by atomic mass is 9.85. The minimum atomic E-state index is -0.458. The maximum absolute atomic E-state index is 14.1. The molecule has 3 atom stereocenters. The van der Waals surface area contributed by atoms with Gasteiger partial charge in [-0.05, 0) is 211 Å². The van der Waals surface area contributed by atoms with Crippen molar-refractivity contribution in [2.24, 2.45) is 45.3 Å². The summed E-state index contributed by atoms with van der Waals surface area (Å²) in [5, 5.41) is 26.7. The molecule has 3 spiro atoms. The number of fused-ring (bicyclic) bond motifs is 3. The molecule has 18 heterocycles. The molecule has 6 amide bonds. The van der Waals surface area contributed by atoms with Gasteiger partial charge in [-0.25, -0.2) is 24.9 Å². The second-order valence-electron chi connectivity index (χ2n) is 41.8. The van der Waals surface area contributed by atoms with E-state index >= 15 is 0 Å². The molecule has 0 unspecified atom stereocenters. The molecule has 34 nitrogen and oxygen atoms in total. The fourth-order valence-corrected chi connectivity index (χ4v) is 23.1. The Bertz CT molecular complexity index is 7320. The van der Waals surface area contributed by atoms with Crippen molar-refractivity contribution < 1.29 is 43.3 Å². The van der Waals surface area contributed by atoms with Crippen LogP contribution in [0.15, 0.2) is 229 Å². The monoisotopic (exact) mass is 2000 g/mol. The molecule has 12 aliphatic rings. The van der Waals surface area contributed by atoms with E-state index in [0.29, 0.717) is 148 Å². The van der Waals surface area contributed by atoms with Gasteiger partial charge in [0.2, 0.25) is 47.2 Å². The molecule has 0 saturated carbocycles. The number of hydrogen-bond donors (Lipinski definition) is 1. The molecule has 0 radical (unpaired) electrons. The van der Waals surface area contributed by atoms with E-state index in [1.165, 1.54) is 33.4 Å². The van der Waals surface area contributed by atoms with Crippen LogP contribution in [0.3, 0.4) is 0 Å². The van der Waals surface area contributed by atoms with Gasteiger partial charge in [0.1, 0.15) is 19.0 Å². The van der Waals surface area contributed by atoms with Crippen LogP contribution in [0.2, 0.25) is 0 Å². The van der Waals surface area contributed by atoms with E-state index in [2.05, 4.69) is 181 Å². The Morgan fingerprint density at radius 2 is 0.732 bits per heavy atom. The molecule has 1 N–H and O–H groups in total. The van der Waals surface area contributed by atoms with Gasteiger partial charge in [-0.1, -0.05) is 109 Å². The van der Waals surface area contributed by atoms with Gasteiger partial charge >= 0.3 is 0 Å². The Kier molecular flexibility index (Phi) is 27.6. The van der Waals surface area contributed by atoms with E-state index in [1.807, 2.05) is 150 Å². The molecule has 0 bridgehead atoms. The van der Waals surface area contributed by atoms with Crippen LogP contribution < -0.4 is 24.2 Å². The number of nitrogens with zero attached hydrogens (tertiary/aromatic N) is 25. The number of anilines is 3. The molecule has 12 aromatic rings. The minimum absolute atomic E-state index is 0.0197. The van der Waals surface area contributed by atoms with Crippen molar-refractivity contribution >= 4 is 86.4 Å². The van der Waals surface area contributed by atoms with Crippen molar-refractivity contribution in [3.63, 3.8) is 0 Å². The molecule has 764 valence electrons. The molecule has 0 aliphatic carbocycles. The number of aryl methyl sites for hydroxylation is 3. The SMILES string of the molecule is CC(C)Oc1ccc(C2=NCc3ccc(N4CC[C@]5(CCN(CC(=O)N6CC=C(c7ccc(-c8ncn(CCO)n8)cc7)CC6)C5)C4=O)cc32)cn1.CCn1cnc(-c2ccc(C3=CCN(C(=O)CN4CC[C@]5(CCN(c6ccc7c(c6)C(c6ccc(OC(C)C)nc6)=NC7)C5=O)C4)CC3)cc2)n1.Cn1cc(C2=NCc3ccc(N4CC[C@]5(CCN(CC(=O)N6CC=C(c7ccc(-c8ncn(C)n8)cc7)CC6)C5)C4=O)cc32)cn1. The number of aromatic nitrogens is 13. The number of benzene rings is 6. The van der Waals surface area contributed by atoms with Crippen molar-refractivity contribution in [3.05, 3.63) is 280 Å². The number of aliphatic hydroxyl groups excluding tert-OH is 1. The molecule has 24 rings (SSSR count). The average Bonchev–Trinajstić information content (AvgIpc) is 1.61. The van der Waals surface area contributed by atoms with Crippen LogP contribution >= 0.6 is 0 Å². The third-order valence-electron chi connectivity index (χ3n) is 31.4. The zero-order valence-corrected chi connectivity index (χ0v) is 85.6. The van der Waals surface area contributed by atoms with Crippen molar-refractivity contribution in [2.75, 3.05) is 139 Å². The average molecular weight is 2000 g/mol. The number of hydrogen-bond acceptors (Lipinski definition) is 24. The van der Waals surface area contributed by atoms with Crippen molar-refractivity contribution in [1.82, 2.24) is 93.4 Å². The van der Waals surface area contributed by atoms with Crippen molar-refractivity contribution in [2.45, 2.75) is 137 Å². The molecule has 6 fully saturated rings. The third-order valence-corrected chi connectivity index (χ3v) is 31.4. The summed E-state index contributed by atoms with van der Waals surface area (Å²) in [6.45, 7) is 24.1. The van der Waals surface area contributed by atoms with Crippen molar-refractivity contribution in [3.8, 4) is 45.9 Å². The van der Waals surface area contributed by atoms with Crippen molar-refractivity contribution in [1.29, 1.82) is 0 Å². The number of carbonyl (C=O) groups excluding carboxylic acids is 6. The fourth-order valence-electron chi connectivity index (χ4n) is 23.1. The summed E-state index contributed by atoms with van der Waals surface area (Å²) in [5.74, 6) is 4.12. The first kappa shape index (κ1) is 98.4. The van der Waals surface area contributed by atoms with E-state index in [0.717, 1.165) is 191 Å². The standard InChI is InChI=1S/C40H44N8O4.C40H44N8O3.C35H37N9O2/c1-27(2)52-35-10-8-32(23-41-35)37-34-21-33(9-7-31(34)22-42-37)48-18-14-40(39(48)51)13-17-45(25-40)24-36(50)46-15-11-29(12-16-46)28-3-5-30(6-4-28)38-43-26-47(44-38)19-20-49;1-4-47-26-43-38(44-47)30-7-5-28(6-8-30)29-13-17-46(18-14-29)36(49)24-45-19-15-40(25-45)16-20-48(39(40)50)33-11-9-31-22-42-37(34(31)21-33)32-10-12-35(41-23-32)51-27(2)3;1-40-20-28(19-38-40)32-30-17-29(8-7-27(30)18-36-32)44-16-12-35(34(44)46)11-15-42(22-35)21-31(45)43-13-9-25(10-14-43)24-3-5-26(6-4-24)33-37-23-41(2)39-33/h3-11,21,23,26-27,49H,12-20,22,24-25H2,1-2H3;5-13,21,23,26-27H,4,14-20,22,24-25H2,1-3H3;3-9,17,19-20,23H,10-16,18,21-22H2,1-2H3/t2*40-;35-/m000/s1. The summed E-state index contributed by atoms with van der Waals surface area (Å²) in [5.41, 5.74) is 23.7. The Labute approximate surface area is 866 Å². The van der Waals surface area contributed by atoms with E-state index < -0.39 is 16.2 Å². The molecule has 149 heavy (non-hydrogen) atoms. The first-order valence-corrected chi connectivity index (χ1v) is 52.3. The summed E-state index contributed by atoms with van der Waals surface area (Å²) >= 11 is 0. The Morgan fingerprint density at radius 3 is 1.05 bits per heavy atom. The van der Waals surface area contributed by atoms with Gasteiger partial charge in [-0.2, -0.15) is 20.4 Å². The fraction of sp³-hybridized carbons (Fsp3) is 0.391. The summed E-state index contributed by atoms with van der Waals surface area (Å²) < 4.78 is 18.4. The Balaban J connectivity index is 0.000000127. The quantitative estimate of drug-likeness (QED) is 0.0555. The summed E-state index contributed by atoms with van der Waals surface area (Å²) in [6.07, 6.45) is 26.2. The number of rotatable bonds is 25. The zero-order chi connectivity index (χ0) is 102. The molecular weight excluding hydrogens is 1880 g/mol. The zero-order valence-electron chi connectivity index (χ0n) is 85.6. The van der Waals surface area contributed by atoms with Gasteiger partial charge in [0.15, 0.2) is 17.5 Å². The molecule has 34 heteroatoms. The largest absolute Gasteiger partial charge is 0.475 e. The van der Waals surface area contributed by atoms with Gasteiger partial charge < -0.3 is 44.0 Å². The third kappa shape index (κ3) is 20.5. The lowest BCUT2D eigenvalue weighted by Crippen LogP contribution is -2.43. The molecule has 12 aliphatic heterocycles. The summed E-state index contributed by atoms with van der Waals surface area (Å²) in [4.78, 5) is 137. The van der Waals surface area contributed by atoms with Crippen LogP contribution in [0, 0.1) is 16.2 Å². The summed E-state index contributed by atoms with van der Waals surface area (Å²) in [6, 6.07) is 51.4. The number of likely N-dealkylation sites (tertiary alicyclic amines) is 3. The lowest BCUT2D eigenvalue weighted by molar-refractivity contribution is -0.133. The molecule has 6 aromatic carbocycles. The van der Waals surface area contributed by atoms with E-state index in [4.69, 9.17) is 29.6 Å². The molecule has 6 aromatic heterocycles. The highest BCUT2D eigenvalue weighted by Gasteiger charge is 2.55. The van der Waals surface area contributed by atoms with Gasteiger partial charge in [0.25, 0.3) is 0 Å². The van der Waals surface area contributed by atoms with Gasteiger partial charge in [-0.15, -0.1) is 0 Å².